The molecule has 5 unspecified atom stereocenters. The van der Waals surface area contributed by atoms with Crippen molar-refractivity contribution in [3.63, 3.8) is 0 Å². The minimum Gasteiger partial charge on any atom is -0.497 e. The summed E-state index contributed by atoms with van der Waals surface area (Å²) in [5, 5.41) is 32.1. The van der Waals surface area contributed by atoms with Crippen LogP contribution in [0.3, 0.4) is 0 Å². The zero-order valence-electron chi connectivity index (χ0n) is 73.4. The van der Waals surface area contributed by atoms with Crippen molar-refractivity contribution in [1.82, 2.24) is 76.3 Å². The van der Waals surface area contributed by atoms with Gasteiger partial charge in [-0.25, -0.2) is 42.5 Å². The van der Waals surface area contributed by atoms with Crippen LogP contribution in [0.15, 0.2) is 288 Å². The molecule has 4 saturated heterocycles. The number of aromatic nitrogens is 12. The number of H-pyrrole nitrogens is 4. The summed E-state index contributed by atoms with van der Waals surface area (Å²) >= 11 is 0. The predicted molar refractivity (Wildman–Crippen MR) is 499 cm³/mol. The van der Waals surface area contributed by atoms with Crippen LogP contribution in [0.25, 0.3) is 88.1 Å². The average molecular weight is 1820 g/mol. The molecule has 25 nitrogen and oxygen atoms in total. The van der Waals surface area contributed by atoms with E-state index in [1.54, 1.807) is 86.9 Å². The summed E-state index contributed by atoms with van der Waals surface area (Å²) in [6, 6.07) is 59.7. The van der Waals surface area contributed by atoms with Crippen LogP contribution >= 0.6 is 0 Å². The fourth-order valence-electron chi connectivity index (χ4n) is 19.6. The van der Waals surface area contributed by atoms with Crippen LogP contribution in [-0.2, 0) is 66.3 Å². The van der Waals surface area contributed by atoms with E-state index in [2.05, 4.69) is 157 Å². The number of halogens is 2. The van der Waals surface area contributed by atoms with E-state index >= 15 is 0 Å². The lowest BCUT2D eigenvalue weighted by molar-refractivity contribution is 0.196. The van der Waals surface area contributed by atoms with Gasteiger partial charge in [-0.15, -0.1) is 0 Å². The first-order valence-electron chi connectivity index (χ1n) is 43.3. The molecule has 0 spiro atoms. The number of sulfonamides is 4. The number of ether oxygens (including phenoxy) is 1. The Labute approximate surface area is 751 Å². The second kappa shape index (κ2) is 35.8. The molecule has 0 aliphatic carbocycles. The molecule has 8 aromatic heterocycles. The highest BCUT2D eigenvalue weighted by Crippen LogP contribution is 2.44. The molecule has 8 aromatic carbocycles. The molecule has 0 saturated carbocycles. The molecule has 4 aliphatic heterocycles. The van der Waals surface area contributed by atoms with E-state index in [1.807, 2.05) is 141 Å². The Hall–Kier alpha value is -11.9. The summed E-state index contributed by atoms with van der Waals surface area (Å²) in [6.07, 6.45) is 27.0. The standard InChI is InChI=1S/C25H28N4O3S.C25H28N4O2S.C24H24F2N4O2S.C24H26N4O2S/c1-25(2)13-18(17-29(25)33(30,31)23-6-4-5-22(12-23)32-3)16-28-10-9-20-11-19(7-8-24(20)28)21-14-26-27-15-21;1-18-4-7-23(8-5-18)32(30,31)29-17-19(13-25(29,2)3)16-28-11-10-21-12-20(6-9-24(21)28)22-14-26-27-15-22;1-24(2)11-16(15-30(24)33(31,32)22-5-3-4-20(25)23(22)26)14-29-9-8-18-10-17(6-7-21(18)29)19-12-27-28-13-19;1-18-13-19(9-12-28(18)31(29,30)23-5-3-2-4-6-23)17-27-11-10-21-14-20(7-8-24(21)27)22-15-25-26-16-22/h4-12,14-15,18H,13,16-17H2,1-3H3,(H,26,27);4-12,14-15,19H,13,16-17H2,1-3H3,(H,26,27);3-10,12-13,16H,11,14-15H2,1-2H3,(H,27,28);2-8,10-11,14-16,18-19H,9,12-13,17H2,1H3,(H,25,26). The maximum atomic E-state index is 14.3. The summed E-state index contributed by atoms with van der Waals surface area (Å²) in [7, 11) is -13.2. The number of hydrogen-bond donors (Lipinski definition) is 4. The number of aryl methyl sites for hydroxylation is 1. The van der Waals surface area contributed by atoms with Gasteiger partial charge in [0.1, 0.15) is 10.6 Å². The number of methoxy groups -OCH3 is 1. The van der Waals surface area contributed by atoms with E-state index in [0.29, 0.717) is 54.1 Å². The first kappa shape index (κ1) is 89.1. The van der Waals surface area contributed by atoms with Crippen LogP contribution in [0, 0.1) is 42.2 Å². The Morgan fingerprint density at radius 1 is 0.395 bits per heavy atom. The quantitative estimate of drug-likeness (QED) is 0.0521. The number of piperidine rings is 1. The first-order chi connectivity index (χ1) is 61.7. The third-order valence-corrected chi connectivity index (χ3v) is 34.2. The van der Waals surface area contributed by atoms with E-state index < -0.39 is 73.2 Å². The summed E-state index contributed by atoms with van der Waals surface area (Å²) in [5.41, 5.74) is 12.7. The molecule has 4 aliphatic rings. The Morgan fingerprint density at radius 3 is 1.14 bits per heavy atom. The molecule has 129 heavy (non-hydrogen) atoms. The molecule has 0 amide bonds. The van der Waals surface area contributed by atoms with Crippen molar-refractivity contribution in [3.05, 3.63) is 286 Å². The minimum atomic E-state index is -4.18. The van der Waals surface area contributed by atoms with Crippen molar-refractivity contribution >= 4 is 83.7 Å². The number of benzene rings is 8. The smallest absolute Gasteiger partial charge is 0.246 e. The van der Waals surface area contributed by atoms with Crippen LogP contribution in [0.4, 0.5) is 8.78 Å². The molecule has 31 heteroatoms. The predicted octanol–water partition coefficient (Wildman–Crippen LogP) is 18.7. The van der Waals surface area contributed by atoms with Crippen molar-refractivity contribution in [3.8, 4) is 50.3 Å². The Bertz CT molecular complexity index is 7160. The molecule has 0 radical (unpaired) electrons. The summed E-state index contributed by atoms with van der Waals surface area (Å²) in [5.74, 6) is -1.03. The largest absolute Gasteiger partial charge is 0.497 e. The van der Waals surface area contributed by atoms with Gasteiger partial charge in [-0.2, -0.15) is 37.6 Å². The van der Waals surface area contributed by atoms with Crippen molar-refractivity contribution in [2.45, 2.75) is 156 Å². The van der Waals surface area contributed by atoms with Crippen molar-refractivity contribution < 1.29 is 47.2 Å². The highest BCUT2D eigenvalue weighted by atomic mass is 32.2. The second-order valence-corrected chi connectivity index (χ2v) is 43.8. The number of nitrogens with zero attached hydrogens (tertiary/aromatic N) is 12. The molecule has 0 bridgehead atoms. The van der Waals surface area contributed by atoms with Gasteiger partial charge < -0.3 is 23.0 Å². The minimum absolute atomic E-state index is 0.0153. The number of rotatable bonds is 21. The topological polar surface area (TPSA) is 293 Å². The Morgan fingerprint density at radius 2 is 0.760 bits per heavy atom. The van der Waals surface area contributed by atoms with Crippen LogP contribution in [0.5, 0.6) is 5.75 Å². The van der Waals surface area contributed by atoms with Gasteiger partial charge in [0.05, 0.1) is 46.6 Å². The van der Waals surface area contributed by atoms with Crippen molar-refractivity contribution in [1.29, 1.82) is 0 Å². The fraction of sp³-hybridized carbons (Fsp3) is 0.306. The summed E-state index contributed by atoms with van der Waals surface area (Å²) in [6.45, 7) is 20.6. The van der Waals surface area contributed by atoms with Crippen LogP contribution in [0.2, 0.25) is 0 Å². The van der Waals surface area contributed by atoms with Gasteiger partial charge >= 0.3 is 0 Å². The second-order valence-electron chi connectivity index (χ2n) is 36.4. The molecule has 20 rings (SSSR count). The lowest BCUT2D eigenvalue weighted by atomic mass is 9.93. The molecule has 670 valence electrons. The van der Waals surface area contributed by atoms with E-state index in [4.69, 9.17) is 4.74 Å². The number of fused-ring (bicyclic) bond motifs is 4. The van der Waals surface area contributed by atoms with Crippen LogP contribution in [0.1, 0.15) is 86.1 Å². The highest BCUT2D eigenvalue weighted by Gasteiger charge is 2.49. The van der Waals surface area contributed by atoms with Gasteiger partial charge in [0, 0.05) is 197 Å². The molecular weight excluding hydrogens is 1710 g/mol. The average Bonchev–Trinajstić information content (AvgIpc) is 1.64. The summed E-state index contributed by atoms with van der Waals surface area (Å²) < 4.78 is 155. The van der Waals surface area contributed by atoms with Gasteiger partial charge in [-0.05, 0) is 255 Å². The Balaban J connectivity index is 0.000000121. The molecule has 5 atom stereocenters. The lowest BCUT2D eigenvalue weighted by Gasteiger charge is -2.37. The van der Waals surface area contributed by atoms with Gasteiger partial charge in [-0.1, -0.05) is 72.3 Å². The zero-order chi connectivity index (χ0) is 90.5. The molecule has 12 heterocycles. The maximum absolute atomic E-state index is 14.3. The summed E-state index contributed by atoms with van der Waals surface area (Å²) in [4.78, 5) is 0.406. The third kappa shape index (κ3) is 18.5. The highest BCUT2D eigenvalue weighted by molar-refractivity contribution is 7.90. The van der Waals surface area contributed by atoms with Crippen molar-refractivity contribution in [2.75, 3.05) is 33.3 Å². The van der Waals surface area contributed by atoms with E-state index in [1.165, 1.54) is 26.7 Å². The molecular formula is C98H106F2N16O9S4. The number of nitrogens with one attached hydrogen (secondary N) is 4. The Kier molecular flexibility index (Phi) is 24.7. The monoisotopic (exact) mass is 1820 g/mol. The van der Waals surface area contributed by atoms with Crippen molar-refractivity contribution in [2.24, 2.45) is 23.7 Å². The van der Waals surface area contributed by atoms with Gasteiger partial charge in [0.15, 0.2) is 11.6 Å². The first-order valence-corrected chi connectivity index (χ1v) is 49.1. The van der Waals surface area contributed by atoms with Crippen LogP contribution < -0.4 is 4.74 Å². The fourth-order valence-corrected chi connectivity index (χ4v) is 27.0. The van der Waals surface area contributed by atoms with Gasteiger partial charge in [-0.3, -0.25) is 20.4 Å². The van der Waals surface area contributed by atoms with Crippen LogP contribution in [-0.4, -0.2) is 166 Å². The lowest BCUT2D eigenvalue weighted by Crippen LogP contribution is -2.45. The molecule has 4 N–H and O–H groups in total. The van der Waals surface area contributed by atoms with E-state index in [9.17, 15) is 42.5 Å². The number of hydrogen-bond acceptors (Lipinski definition) is 13. The van der Waals surface area contributed by atoms with E-state index in [-0.39, 0.29) is 35.2 Å². The number of aromatic amines is 4. The normalized spacial score (nSPS) is 19.2. The SMILES string of the molecule is CC1(C)CC(Cn2ccc3cc(-c4cn[nH]c4)ccc32)CN1S(=O)(=O)c1cccc(F)c1F.CC1CC(Cn2ccc3cc(-c4cn[nH]c4)ccc32)CCN1S(=O)(=O)c1ccccc1.COc1cccc(S(=O)(=O)N2CC(Cn3ccc4cc(-c5cn[nH]c5)ccc43)CC2(C)C)c1.Cc1ccc(S(=O)(=O)N2CC(Cn3ccc4cc(-c5cn[nH]c5)ccc43)CC2(C)C)cc1. The third-order valence-electron chi connectivity index (χ3n) is 25.9. The zero-order valence-corrected chi connectivity index (χ0v) is 76.7. The molecule has 16 aromatic rings. The maximum Gasteiger partial charge on any atom is 0.246 e. The molecule has 4 fully saturated rings. The van der Waals surface area contributed by atoms with Gasteiger partial charge in [0.2, 0.25) is 40.1 Å². The van der Waals surface area contributed by atoms with E-state index in [0.717, 1.165) is 135 Å². The van der Waals surface area contributed by atoms with Gasteiger partial charge in [0.25, 0.3) is 0 Å².